The highest BCUT2D eigenvalue weighted by Gasteiger charge is 2.29. The van der Waals surface area contributed by atoms with Crippen LogP contribution in [-0.4, -0.2) is 22.7 Å². The van der Waals surface area contributed by atoms with Crippen LogP contribution in [0.5, 0.6) is 0 Å². The first-order chi connectivity index (χ1) is 7.72. The summed E-state index contributed by atoms with van der Waals surface area (Å²) in [6, 6.07) is 4.43. The smallest absolute Gasteiger partial charge is 0.129 e. The molecule has 1 N–H and O–H groups in total. The Morgan fingerprint density at radius 3 is 3.00 bits per heavy atom. The van der Waals surface area contributed by atoms with Gasteiger partial charge in [0.15, 0.2) is 0 Å². The summed E-state index contributed by atoms with van der Waals surface area (Å²) in [5.74, 6) is 0.945. The summed E-state index contributed by atoms with van der Waals surface area (Å²) in [5, 5.41) is 9.55. The van der Waals surface area contributed by atoms with Gasteiger partial charge >= 0.3 is 0 Å². The Bertz CT molecular complexity index is 372. The molecule has 16 heavy (non-hydrogen) atoms. The summed E-state index contributed by atoms with van der Waals surface area (Å²) in [4.78, 5) is 6.62. The van der Waals surface area contributed by atoms with E-state index in [-0.39, 0.29) is 0 Å². The van der Waals surface area contributed by atoms with Crippen molar-refractivity contribution in [3.8, 4) is 0 Å². The standard InChI is InChI=1S/C13H18N2O/c1-3-8-15(12-4-5-12)13-9-11(10(2)16)6-7-14-13/h3,6-7,9-10,12,16H,1,4-5,8H2,2H3. The maximum atomic E-state index is 9.55. The van der Waals surface area contributed by atoms with Crippen molar-refractivity contribution >= 4 is 5.82 Å². The second-order valence-corrected chi connectivity index (χ2v) is 4.30. The van der Waals surface area contributed by atoms with Gasteiger partial charge < -0.3 is 10.0 Å². The van der Waals surface area contributed by atoms with E-state index in [0.29, 0.717) is 6.04 Å². The summed E-state index contributed by atoms with van der Waals surface area (Å²) in [7, 11) is 0. The Morgan fingerprint density at radius 1 is 1.69 bits per heavy atom. The van der Waals surface area contributed by atoms with E-state index >= 15 is 0 Å². The van der Waals surface area contributed by atoms with Gasteiger partial charge in [-0.2, -0.15) is 0 Å². The number of nitrogens with zero attached hydrogens (tertiary/aromatic N) is 2. The van der Waals surface area contributed by atoms with Crippen molar-refractivity contribution in [2.24, 2.45) is 0 Å². The third-order valence-corrected chi connectivity index (χ3v) is 2.86. The molecule has 1 aliphatic rings. The van der Waals surface area contributed by atoms with Crippen molar-refractivity contribution in [1.82, 2.24) is 4.98 Å². The van der Waals surface area contributed by atoms with Gasteiger partial charge in [-0.1, -0.05) is 6.08 Å². The fraction of sp³-hybridized carbons (Fsp3) is 0.462. The van der Waals surface area contributed by atoms with E-state index in [1.54, 1.807) is 13.1 Å². The second-order valence-electron chi connectivity index (χ2n) is 4.30. The van der Waals surface area contributed by atoms with Crippen LogP contribution in [0, 0.1) is 0 Å². The summed E-state index contributed by atoms with van der Waals surface area (Å²) < 4.78 is 0. The molecule has 0 saturated heterocycles. The van der Waals surface area contributed by atoms with Gasteiger partial charge in [-0.15, -0.1) is 6.58 Å². The van der Waals surface area contributed by atoms with Crippen LogP contribution < -0.4 is 4.90 Å². The zero-order valence-electron chi connectivity index (χ0n) is 9.63. The van der Waals surface area contributed by atoms with Gasteiger partial charge in [0.25, 0.3) is 0 Å². The third kappa shape index (κ3) is 2.42. The lowest BCUT2D eigenvalue weighted by Crippen LogP contribution is -2.26. The number of aliphatic hydroxyl groups is 1. The van der Waals surface area contributed by atoms with Crippen LogP contribution in [0.1, 0.15) is 31.4 Å². The molecule has 1 unspecified atom stereocenters. The topological polar surface area (TPSA) is 36.4 Å². The molecule has 2 rings (SSSR count). The summed E-state index contributed by atoms with van der Waals surface area (Å²) in [6.45, 7) is 6.37. The molecule has 3 nitrogen and oxygen atoms in total. The molecular weight excluding hydrogens is 200 g/mol. The van der Waals surface area contributed by atoms with Crippen molar-refractivity contribution in [3.63, 3.8) is 0 Å². The zero-order valence-corrected chi connectivity index (χ0v) is 9.63. The summed E-state index contributed by atoms with van der Waals surface area (Å²) in [5.41, 5.74) is 0.916. The molecule has 0 spiro atoms. The van der Waals surface area contributed by atoms with Crippen molar-refractivity contribution in [2.75, 3.05) is 11.4 Å². The first kappa shape index (κ1) is 11.1. The molecule has 1 aromatic heterocycles. The van der Waals surface area contributed by atoms with E-state index in [4.69, 9.17) is 0 Å². The highest BCUT2D eigenvalue weighted by Crippen LogP contribution is 2.31. The van der Waals surface area contributed by atoms with Crippen LogP contribution in [-0.2, 0) is 0 Å². The van der Waals surface area contributed by atoms with Crippen LogP contribution in [0.15, 0.2) is 31.0 Å². The van der Waals surface area contributed by atoms with Gasteiger partial charge in [0, 0.05) is 18.8 Å². The summed E-state index contributed by atoms with van der Waals surface area (Å²) in [6.07, 6.45) is 5.68. The van der Waals surface area contributed by atoms with Crippen molar-refractivity contribution in [3.05, 3.63) is 36.5 Å². The Balaban J connectivity index is 2.22. The SMILES string of the molecule is C=CCN(c1cc(C(C)O)ccn1)C1CC1. The Morgan fingerprint density at radius 2 is 2.44 bits per heavy atom. The number of hydrogen-bond acceptors (Lipinski definition) is 3. The van der Waals surface area contributed by atoms with E-state index in [9.17, 15) is 5.11 Å². The highest BCUT2D eigenvalue weighted by atomic mass is 16.3. The number of aromatic nitrogens is 1. The minimum Gasteiger partial charge on any atom is -0.389 e. The molecule has 0 radical (unpaired) electrons. The van der Waals surface area contributed by atoms with Crippen LogP contribution in [0.2, 0.25) is 0 Å². The normalized spacial score (nSPS) is 16.9. The first-order valence-corrected chi connectivity index (χ1v) is 5.74. The number of hydrogen-bond donors (Lipinski definition) is 1. The largest absolute Gasteiger partial charge is 0.389 e. The lowest BCUT2D eigenvalue weighted by molar-refractivity contribution is 0.199. The van der Waals surface area contributed by atoms with Gasteiger partial charge in [0.1, 0.15) is 5.82 Å². The molecule has 1 fully saturated rings. The maximum absolute atomic E-state index is 9.55. The minimum atomic E-state index is -0.438. The number of rotatable bonds is 5. The molecule has 0 amide bonds. The maximum Gasteiger partial charge on any atom is 0.129 e. The Hall–Kier alpha value is -1.35. The monoisotopic (exact) mass is 218 g/mol. The van der Waals surface area contributed by atoms with E-state index in [1.807, 2.05) is 18.2 Å². The van der Waals surface area contributed by atoms with Gasteiger partial charge in [0.2, 0.25) is 0 Å². The van der Waals surface area contributed by atoms with E-state index in [2.05, 4.69) is 16.5 Å². The molecule has 1 aromatic rings. The van der Waals surface area contributed by atoms with Gasteiger partial charge in [0.05, 0.1) is 6.10 Å². The van der Waals surface area contributed by atoms with Crippen molar-refractivity contribution in [1.29, 1.82) is 0 Å². The fourth-order valence-electron chi connectivity index (χ4n) is 1.81. The average Bonchev–Trinajstić information content (AvgIpc) is 3.10. The first-order valence-electron chi connectivity index (χ1n) is 5.74. The zero-order chi connectivity index (χ0) is 11.5. The van der Waals surface area contributed by atoms with Crippen LogP contribution in [0.4, 0.5) is 5.82 Å². The number of pyridine rings is 1. The van der Waals surface area contributed by atoms with Crippen LogP contribution in [0.3, 0.4) is 0 Å². The fourth-order valence-corrected chi connectivity index (χ4v) is 1.81. The molecule has 1 saturated carbocycles. The minimum absolute atomic E-state index is 0.438. The molecule has 0 aliphatic heterocycles. The van der Waals surface area contributed by atoms with E-state index in [1.165, 1.54) is 12.8 Å². The average molecular weight is 218 g/mol. The molecule has 86 valence electrons. The Kier molecular flexibility index (Phi) is 3.25. The van der Waals surface area contributed by atoms with Crippen molar-refractivity contribution < 1.29 is 5.11 Å². The molecule has 1 heterocycles. The lowest BCUT2D eigenvalue weighted by atomic mass is 10.1. The predicted octanol–water partition coefficient (Wildman–Crippen LogP) is 2.29. The van der Waals surface area contributed by atoms with Gasteiger partial charge in [-0.05, 0) is 37.5 Å². The molecule has 1 aliphatic carbocycles. The molecule has 0 aromatic carbocycles. The highest BCUT2D eigenvalue weighted by molar-refractivity contribution is 5.44. The van der Waals surface area contributed by atoms with Crippen molar-refractivity contribution in [2.45, 2.75) is 31.9 Å². The van der Waals surface area contributed by atoms with E-state index in [0.717, 1.165) is 17.9 Å². The predicted molar refractivity (Wildman–Crippen MR) is 65.4 cm³/mol. The Labute approximate surface area is 96.4 Å². The van der Waals surface area contributed by atoms with Gasteiger partial charge in [-0.25, -0.2) is 4.98 Å². The number of aliphatic hydroxyl groups excluding tert-OH is 1. The second kappa shape index (κ2) is 4.66. The van der Waals surface area contributed by atoms with Crippen LogP contribution >= 0.6 is 0 Å². The molecule has 0 bridgehead atoms. The summed E-state index contributed by atoms with van der Waals surface area (Å²) >= 11 is 0. The molecule has 3 heteroatoms. The number of anilines is 1. The molecular formula is C13H18N2O. The molecule has 1 atom stereocenters. The van der Waals surface area contributed by atoms with Crippen LogP contribution in [0.25, 0.3) is 0 Å². The van der Waals surface area contributed by atoms with Gasteiger partial charge in [-0.3, -0.25) is 0 Å². The lowest BCUT2D eigenvalue weighted by Gasteiger charge is -2.22. The quantitative estimate of drug-likeness (QED) is 0.770. The third-order valence-electron chi connectivity index (χ3n) is 2.86. The van der Waals surface area contributed by atoms with E-state index < -0.39 is 6.10 Å².